The minimum Gasteiger partial charge on any atom is -0.511 e. The smallest absolute Gasteiger partial charge is 0.343 e. The lowest BCUT2D eigenvalue weighted by molar-refractivity contribution is -0.138. The van der Waals surface area contributed by atoms with Crippen LogP contribution in [0.25, 0.3) is 0 Å². The summed E-state index contributed by atoms with van der Waals surface area (Å²) in [6.45, 7) is 3.63. The lowest BCUT2D eigenvalue weighted by Gasteiger charge is -2.08. The SMILES string of the molecule is CCOC(=O)/C(C=Nc1ccccc1COC(=O)c1ccccc1)=C(\O)CC. The van der Waals surface area contributed by atoms with Crippen molar-refractivity contribution in [2.45, 2.75) is 26.9 Å². The summed E-state index contributed by atoms with van der Waals surface area (Å²) < 4.78 is 10.3. The molecule has 0 bridgehead atoms. The Kier molecular flexibility index (Phi) is 7.96. The van der Waals surface area contributed by atoms with Crippen molar-refractivity contribution in [1.82, 2.24) is 0 Å². The second-order valence-electron chi connectivity index (χ2n) is 5.76. The van der Waals surface area contributed by atoms with E-state index < -0.39 is 11.9 Å². The van der Waals surface area contributed by atoms with Gasteiger partial charge in [0.05, 0.1) is 17.9 Å². The predicted octanol–water partition coefficient (Wildman–Crippen LogP) is 4.53. The number of nitrogens with zero attached hydrogens (tertiary/aromatic N) is 1. The van der Waals surface area contributed by atoms with Crippen LogP contribution in [-0.4, -0.2) is 29.9 Å². The van der Waals surface area contributed by atoms with E-state index in [1.165, 1.54) is 6.21 Å². The molecule has 0 aliphatic rings. The van der Waals surface area contributed by atoms with Gasteiger partial charge in [-0.1, -0.05) is 43.3 Å². The molecular weight excluding hydrogens is 358 g/mol. The summed E-state index contributed by atoms with van der Waals surface area (Å²) in [6.07, 6.45) is 1.55. The van der Waals surface area contributed by atoms with Crippen molar-refractivity contribution in [3.05, 3.63) is 77.1 Å². The lowest BCUT2D eigenvalue weighted by Crippen LogP contribution is -2.11. The zero-order valence-corrected chi connectivity index (χ0v) is 15.9. The first-order valence-electron chi connectivity index (χ1n) is 9.00. The predicted molar refractivity (Wildman–Crippen MR) is 107 cm³/mol. The van der Waals surface area contributed by atoms with Gasteiger partial charge in [-0.2, -0.15) is 0 Å². The number of rotatable bonds is 8. The maximum absolute atomic E-state index is 12.1. The van der Waals surface area contributed by atoms with Crippen molar-refractivity contribution in [2.75, 3.05) is 6.61 Å². The van der Waals surface area contributed by atoms with Crippen LogP contribution in [0.15, 0.2) is 70.9 Å². The van der Waals surface area contributed by atoms with Crippen molar-refractivity contribution in [2.24, 2.45) is 4.99 Å². The monoisotopic (exact) mass is 381 g/mol. The summed E-state index contributed by atoms with van der Waals surface area (Å²) in [6, 6.07) is 15.8. The molecule has 0 fully saturated rings. The van der Waals surface area contributed by atoms with Crippen LogP contribution >= 0.6 is 0 Å². The van der Waals surface area contributed by atoms with Crippen molar-refractivity contribution in [3.8, 4) is 0 Å². The zero-order chi connectivity index (χ0) is 20.4. The van der Waals surface area contributed by atoms with Crippen molar-refractivity contribution in [3.63, 3.8) is 0 Å². The zero-order valence-electron chi connectivity index (χ0n) is 15.9. The fraction of sp³-hybridized carbons (Fsp3) is 0.227. The number of aliphatic imine (C=N–C) groups is 1. The van der Waals surface area contributed by atoms with Crippen molar-refractivity contribution >= 4 is 23.8 Å². The van der Waals surface area contributed by atoms with Crippen LogP contribution in [0.4, 0.5) is 5.69 Å². The van der Waals surface area contributed by atoms with Gasteiger partial charge < -0.3 is 14.6 Å². The Balaban J connectivity index is 2.17. The number of para-hydroxylation sites is 1. The van der Waals surface area contributed by atoms with Crippen LogP contribution in [0, 0.1) is 0 Å². The summed E-state index contributed by atoms with van der Waals surface area (Å²) in [7, 11) is 0. The van der Waals surface area contributed by atoms with Gasteiger partial charge in [-0.3, -0.25) is 4.99 Å². The Hall–Kier alpha value is -3.41. The second kappa shape index (κ2) is 10.7. The van der Waals surface area contributed by atoms with Crippen molar-refractivity contribution in [1.29, 1.82) is 0 Å². The van der Waals surface area contributed by atoms with Gasteiger partial charge in [0.25, 0.3) is 0 Å². The van der Waals surface area contributed by atoms with E-state index in [1.54, 1.807) is 62.4 Å². The quantitative estimate of drug-likeness (QED) is 0.314. The summed E-state index contributed by atoms with van der Waals surface area (Å²) in [5, 5.41) is 9.98. The number of carbonyl (C=O) groups excluding carboxylic acids is 2. The maximum Gasteiger partial charge on any atom is 0.343 e. The number of aliphatic hydroxyl groups is 1. The molecule has 0 saturated heterocycles. The van der Waals surface area contributed by atoms with E-state index in [0.29, 0.717) is 16.8 Å². The number of aliphatic hydroxyl groups excluding tert-OH is 1. The third kappa shape index (κ3) is 5.81. The molecule has 0 saturated carbocycles. The molecule has 1 N–H and O–H groups in total. The minimum atomic E-state index is -0.640. The lowest BCUT2D eigenvalue weighted by atomic mass is 10.1. The number of allylic oxidation sites excluding steroid dienone is 1. The van der Waals surface area contributed by atoms with Crippen LogP contribution in [0.1, 0.15) is 36.2 Å². The maximum atomic E-state index is 12.1. The van der Waals surface area contributed by atoms with Gasteiger partial charge in [0.1, 0.15) is 17.9 Å². The fourth-order valence-corrected chi connectivity index (χ4v) is 2.34. The summed E-state index contributed by atoms with van der Waals surface area (Å²) in [5.41, 5.74) is 1.65. The normalized spacial score (nSPS) is 11.8. The van der Waals surface area contributed by atoms with Crippen LogP contribution in [0.3, 0.4) is 0 Å². The molecule has 146 valence electrons. The van der Waals surface area contributed by atoms with Gasteiger partial charge in [-0.15, -0.1) is 0 Å². The Morgan fingerprint density at radius 3 is 2.36 bits per heavy atom. The van der Waals surface area contributed by atoms with Crippen molar-refractivity contribution < 1.29 is 24.2 Å². The Morgan fingerprint density at radius 2 is 1.68 bits per heavy atom. The highest BCUT2D eigenvalue weighted by Gasteiger charge is 2.14. The molecular formula is C22H23NO5. The van der Waals surface area contributed by atoms with Crippen LogP contribution in [0.2, 0.25) is 0 Å². The van der Waals surface area contributed by atoms with Crippen LogP contribution in [-0.2, 0) is 20.9 Å². The third-order valence-corrected chi connectivity index (χ3v) is 3.83. The molecule has 0 aromatic heterocycles. The van der Waals surface area contributed by atoms with Gasteiger partial charge in [0, 0.05) is 18.2 Å². The molecule has 6 nitrogen and oxygen atoms in total. The van der Waals surface area contributed by atoms with Gasteiger partial charge in [0.15, 0.2) is 0 Å². The number of hydrogen-bond donors (Lipinski definition) is 1. The molecule has 0 amide bonds. The molecule has 0 atom stereocenters. The minimum absolute atomic E-state index is 0.000401. The van der Waals surface area contributed by atoms with Crippen LogP contribution in [0.5, 0.6) is 0 Å². The average molecular weight is 381 g/mol. The largest absolute Gasteiger partial charge is 0.511 e. The Bertz CT molecular complexity index is 872. The number of esters is 2. The van der Waals surface area contributed by atoms with E-state index >= 15 is 0 Å². The van der Waals surface area contributed by atoms with Gasteiger partial charge in [-0.05, 0) is 25.1 Å². The topological polar surface area (TPSA) is 85.2 Å². The molecule has 2 aromatic rings. The number of hydrogen-bond acceptors (Lipinski definition) is 6. The van der Waals surface area contributed by atoms with E-state index in [0.717, 1.165) is 0 Å². The third-order valence-electron chi connectivity index (χ3n) is 3.83. The van der Waals surface area contributed by atoms with Gasteiger partial charge >= 0.3 is 11.9 Å². The first kappa shape index (κ1) is 20.9. The van der Waals surface area contributed by atoms with E-state index in [1.807, 2.05) is 6.07 Å². The van der Waals surface area contributed by atoms with E-state index in [9.17, 15) is 14.7 Å². The Morgan fingerprint density at radius 1 is 1.00 bits per heavy atom. The number of carbonyl (C=O) groups is 2. The molecule has 0 aliphatic heterocycles. The molecule has 0 radical (unpaired) electrons. The average Bonchev–Trinajstić information content (AvgIpc) is 2.73. The number of ether oxygens (including phenoxy) is 2. The molecule has 6 heteroatoms. The number of benzene rings is 2. The molecule has 2 rings (SSSR count). The first-order valence-corrected chi connectivity index (χ1v) is 9.00. The van der Waals surface area contributed by atoms with Crippen LogP contribution < -0.4 is 0 Å². The van der Waals surface area contributed by atoms with E-state index in [4.69, 9.17) is 9.47 Å². The summed E-state index contributed by atoms with van der Waals surface area (Å²) >= 11 is 0. The highest BCUT2D eigenvalue weighted by molar-refractivity contribution is 6.10. The van der Waals surface area contributed by atoms with Gasteiger partial charge in [0.2, 0.25) is 0 Å². The van der Waals surface area contributed by atoms with Gasteiger partial charge in [-0.25, -0.2) is 9.59 Å². The molecule has 2 aromatic carbocycles. The molecule has 0 spiro atoms. The second-order valence-corrected chi connectivity index (χ2v) is 5.76. The summed E-state index contributed by atoms with van der Waals surface area (Å²) in [5.74, 6) is -1.18. The standard InChI is InChI=1S/C22H23NO5/c1-3-20(24)18(22(26)27-4-2)14-23-19-13-9-8-12-17(19)15-28-21(25)16-10-6-5-7-11-16/h5-14,24H,3-4,15H2,1-2H3/b20-18-,23-14?. The molecule has 0 aliphatic carbocycles. The highest BCUT2D eigenvalue weighted by Crippen LogP contribution is 2.21. The molecule has 28 heavy (non-hydrogen) atoms. The highest BCUT2D eigenvalue weighted by atomic mass is 16.5. The fourth-order valence-electron chi connectivity index (χ4n) is 2.34. The van der Waals surface area contributed by atoms with E-state index in [-0.39, 0.29) is 31.0 Å². The summed E-state index contributed by atoms with van der Waals surface area (Å²) in [4.78, 5) is 28.4. The first-order chi connectivity index (χ1) is 13.6. The van der Waals surface area contributed by atoms with E-state index in [2.05, 4.69) is 4.99 Å². The molecule has 0 unspecified atom stereocenters. The Labute approximate surface area is 164 Å². The molecule has 0 heterocycles.